The third-order valence-corrected chi connectivity index (χ3v) is 3.00. The molecule has 0 amide bonds. The van der Waals surface area contributed by atoms with Crippen LogP contribution in [0.15, 0.2) is 30.6 Å². The summed E-state index contributed by atoms with van der Waals surface area (Å²) in [5.41, 5.74) is 1.65. The highest BCUT2D eigenvalue weighted by atomic mass is 19.4. The predicted molar refractivity (Wildman–Crippen MR) is 66.9 cm³/mol. The van der Waals surface area contributed by atoms with E-state index < -0.39 is 12.6 Å². The zero-order valence-electron chi connectivity index (χ0n) is 10.6. The Morgan fingerprint density at radius 3 is 2.84 bits per heavy atom. The Bertz CT molecular complexity index is 533. The third kappa shape index (κ3) is 3.47. The van der Waals surface area contributed by atoms with Crippen LogP contribution in [0.3, 0.4) is 0 Å². The van der Waals surface area contributed by atoms with E-state index in [4.69, 9.17) is 0 Å². The van der Waals surface area contributed by atoms with Crippen molar-refractivity contribution in [3.63, 3.8) is 0 Å². The molecule has 2 aromatic heterocycles. The number of nitrogens with zero attached hydrogens (tertiary/aromatic N) is 2. The lowest BCUT2D eigenvalue weighted by atomic mass is 10.0. The normalized spacial score (nSPS) is 13.9. The van der Waals surface area contributed by atoms with Gasteiger partial charge in [0.25, 0.3) is 0 Å². The van der Waals surface area contributed by atoms with E-state index in [0.717, 1.165) is 11.1 Å². The first kappa shape index (κ1) is 13.9. The summed E-state index contributed by atoms with van der Waals surface area (Å²) in [6.07, 6.45) is -1.48. The molecule has 1 atom stereocenters. The molecule has 0 radical (unpaired) electrons. The zero-order valence-corrected chi connectivity index (χ0v) is 10.6. The molecule has 6 heteroatoms. The van der Waals surface area contributed by atoms with E-state index in [1.165, 1.54) is 0 Å². The molecule has 0 aliphatic rings. The minimum absolute atomic E-state index is 0.0214. The van der Waals surface area contributed by atoms with Crippen LogP contribution in [0.25, 0.3) is 5.52 Å². The molecule has 0 aliphatic heterocycles. The molecule has 0 fully saturated rings. The highest BCUT2D eigenvalue weighted by molar-refractivity contribution is 5.54. The highest BCUT2D eigenvalue weighted by Gasteiger charge is 2.29. The first-order valence-electron chi connectivity index (χ1n) is 6.23. The Morgan fingerprint density at radius 1 is 1.37 bits per heavy atom. The lowest BCUT2D eigenvalue weighted by Crippen LogP contribution is -2.23. The van der Waals surface area contributed by atoms with Crippen molar-refractivity contribution in [2.75, 3.05) is 6.54 Å². The van der Waals surface area contributed by atoms with Gasteiger partial charge in [0.15, 0.2) is 0 Å². The van der Waals surface area contributed by atoms with Gasteiger partial charge in [0, 0.05) is 24.2 Å². The standard InChI is InChI=1S/C13H16F3N3/c1-2-17-11(6-7-13(14,15)16)10-9-18-19-8-4-3-5-12(10)19/h3-5,8-9,11,17H,2,6-7H2,1H3. The van der Waals surface area contributed by atoms with Gasteiger partial charge in [0.2, 0.25) is 0 Å². The number of rotatable bonds is 5. The Balaban J connectivity index is 2.23. The summed E-state index contributed by atoms with van der Waals surface area (Å²) in [6.45, 7) is 2.50. The molecule has 0 spiro atoms. The second-order valence-electron chi connectivity index (χ2n) is 4.39. The summed E-state index contributed by atoms with van der Waals surface area (Å²) in [6, 6.07) is 5.22. The van der Waals surface area contributed by atoms with Crippen LogP contribution in [0.2, 0.25) is 0 Å². The van der Waals surface area contributed by atoms with Crippen molar-refractivity contribution in [3.8, 4) is 0 Å². The summed E-state index contributed by atoms with van der Waals surface area (Å²) in [4.78, 5) is 0. The molecule has 0 bridgehead atoms. The Morgan fingerprint density at radius 2 is 2.16 bits per heavy atom. The first-order chi connectivity index (χ1) is 9.01. The van der Waals surface area contributed by atoms with E-state index in [1.54, 1.807) is 16.9 Å². The highest BCUT2D eigenvalue weighted by Crippen LogP contribution is 2.29. The SMILES string of the molecule is CCNC(CCC(F)(F)F)c1cnn2ccccc12. The maximum absolute atomic E-state index is 12.4. The smallest absolute Gasteiger partial charge is 0.310 e. The van der Waals surface area contributed by atoms with Gasteiger partial charge in [-0.1, -0.05) is 13.0 Å². The van der Waals surface area contributed by atoms with E-state index in [9.17, 15) is 13.2 Å². The molecule has 0 aromatic carbocycles. The molecule has 0 saturated heterocycles. The van der Waals surface area contributed by atoms with Crippen molar-refractivity contribution in [2.24, 2.45) is 0 Å². The average Bonchev–Trinajstić information content (AvgIpc) is 2.77. The number of pyridine rings is 1. The van der Waals surface area contributed by atoms with Crippen molar-refractivity contribution in [3.05, 3.63) is 36.2 Å². The molecule has 0 aliphatic carbocycles. The van der Waals surface area contributed by atoms with E-state index in [0.29, 0.717) is 6.54 Å². The van der Waals surface area contributed by atoms with Gasteiger partial charge in [-0.15, -0.1) is 0 Å². The topological polar surface area (TPSA) is 29.3 Å². The van der Waals surface area contributed by atoms with Crippen molar-refractivity contribution in [2.45, 2.75) is 32.0 Å². The van der Waals surface area contributed by atoms with Gasteiger partial charge in [-0.2, -0.15) is 18.3 Å². The molecule has 104 valence electrons. The lowest BCUT2D eigenvalue weighted by Gasteiger charge is -2.18. The van der Waals surface area contributed by atoms with Gasteiger partial charge >= 0.3 is 6.18 Å². The van der Waals surface area contributed by atoms with E-state index >= 15 is 0 Å². The predicted octanol–water partition coefficient (Wildman–Crippen LogP) is 3.33. The van der Waals surface area contributed by atoms with Gasteiger partial charge in [-0.25, -0.2) is 4.52 Å². The number of nitrogens with one attached hydrogen (secondary N) is 1. The van der Waals surface area contributed by atoms with Crippen molar-refractivity contribution >= 4 is 5.52 Å². The number of hydrogen-bond acceptors (Lipinski definition) is 2. The number of hydrogen-bond donors (Lipinski definition) is 1. The van der Waals surface area contributed by atoms with Gasteiger partial charge in [0.1, 0.15) is 0 Å². The molecule has 2 heterocycles. The Labute approximate surface area is 109 Å². The molecule has 1 N–H and O–H groups in total. The molecule has 2 rings (SSSR count). The fourth-order valence-electron chi connectivity index (χ4n) is 2.14. The van der Waals surface area contributed by atoms with E-state index in [1.807, 2.05) is 25.1 Å². The van der Waals surface area contributed by atoms with Gasteiger partial charge < -0.3 is 5.32 Å². The minimum Gasteiger partial charge on any atom is -0.310 e. The number of aromatic nitrogens is 2. The maximum Gasteiger partial charge on any atom is 0.389 e. The summed E-state index contributed by atoms with van der Waals surface area (Å²) >= 11 is 0. The second-order valence-corrected chi connectivity index (χ2v) is 4.39. The van der Waals surface area contributed by atoms with Crippen molar-refractivity contribution < 1.29 is 13.2 Å². The van der Waals surface area contributed by atoms with Gasteiger partial charge in [-0.05, 0) is 25.1 Å². The molecule has 1 unspecified atom stereocenters. The monoisotopic (exact) mass is 271 g/mol. The fraction of sp³-hybridized carbons (Fsp3) is 0.462. The fourth-order valence-corrected chi connectivity index (χ4v) is 2.14. The minimum atomic E-state index is -4.13. The van der Waals surface area contributed by atoms with Crippen molar-refractivity contribution in [1.82, 2.24) is 14.9 Å². The third-order valence-electron chi connectivity index (χ3n) is 3.00. The van der Waals surface area contributed by atoms with Crippen LogP contribution in [0, 0.1) is 0 Å². The molecule has 0 saturated carbocycles. The van der Waals surface area contributed by atoms with E-state index in [-0.39, 0.29) is 12.5 Å². The summed E-state index contributed by atoms with van der Waals surface area (Å²) in [5, 5.41) is 7.26. The molecular formula is C13H16F3N3. The van der Waals surface area contributed by atoms with Crippen LogP contribution in [0.4, 0.5) is 13.2 Å². The zero-order chi connectivity index (χ0) is 13.9. The number of fused-ring (bicyclic) bond motifs is 1. The van der Waals surface area contributed by atoms with Crippen molar-refractivity contribution in [1.29, 1.82) is 0 Å². The van der Waals surface area contributed by atoms with Crippen LogP contribution in [-0.4, -0.2) is 22.3 Å². The van der Waals surface area contributed by atoms with E-state index in [2.05, 4.69) is 10.4 Å². The summed E-state index contributed by atoms with van der Waals surface area (Å²) in [7, 11) is 0. The first-order valence-corrected chi connectivity index (χ1v) is 6.23. The summed E-state index contributed by atoms with van der Waals surface area (Å²) < 4.78 is 38.8. The molecule has 3 nitrogen and oxygen atoms in total. The summed E-state index contributed by atoms with van der Waals surface area (Å²) in [5.74, 6) is 0. The lowest BCUT2D eigenvalue weighted by molar-refractivity contribution is -0.136. The Hall–Kier alpha value is -1.56. The quantitative estimate of drug-likeness (QED) is 0.903. The number of halogens is 3. The van der Waals surface area contributed by atoms with Gasteiger partial charge in [0.05, 0.1) is 11.7 Å². The van der Waals surface area contributed by atoms with Crippen LogP contribution >= 0.6 is 0 Å². The maximum atomic E-state index is 12.4. The van der Waals surface area contributed by atoms with Gasteiger partial charge in [-0.3, -0.25) is 0 Å². The second kappa shape index (κ2) is 5.61. The molecule has 2 aromatic rings. The average molecular weight is 271 g/mol. The largest absolute Gasteiger partial charge is 0.389 e. The van der Waals surface area contributed by atoms with Crippen LogP contribution in [0.1, 0.15) is 31.4 Å². The van der Waals surface area contributed by atoms with Crippen LogP contribution in [0.5, 0.6) is 0 Å². The Kier molecular flexibility index (Phi) is 4.09. The molecular weight excluding hydrogens is 255 g/mol. The van der Waals surface area contributed by atoms with Crippen LogP contribution < -0.4 is 5.32 Å². The molecule has 19 heavy (non-hydrogen) atoms. The number of alkyl halides is 3. The van der Waals surface area contributed by atoms with Crippen LogP contribution in [-0.2, 0) is 0 Å².